The molecule has 3 saturated carbocycles. The third kappa shape index (κ3) is 5.72. The summed E-state index contributed by atoms with van der Waals surface area (Å²) in [5, 5.41) is 11.4. The van der Waals surface area contributed by atoms with Crippen LogP contribution in [0.5, 0.6) is 0 Å². The van der Waals surface area contributed by atoms with Gasteiger partial charge in [0.2, 0.25) is 11.8 Å². The minimum absolute atomic E-state index is 0.0137. The number of nitrogens with two attached hydrogens (primary N) is 2. The summed E-state index contributed by atoms with van der Waals surface area (Å²) in [6.07, 6.45) is 13.9. The highest BCUT2D eigenvalue weighted by atomic mass is 16.2. The Balaban J connectivity index is 1.44. The van der Waals surface area contributed by atoms with E-state index in [0.717, 1.165) is 57.9 Å². The number of amidine groups is 1. The molecule has 2 amide bonds. The molecule has 4 unspecified atom stereocenters. The highest BCUT2D eigenvalue weighted by molar-refractivity contribution is 5.83. The van der Waals surface area contributed by atoms with Crippen molar-refractivity contribution in [1.82, 2.24) is 10.2 Å². The number of hydrogen-bond acceptors (Lipinski definition) is 4. The van der Waals surface area contributed by atoms with Crippen LogP contribution in [-0.4, -0.2) is 47.2 Å². The Kier molecular flexibility index (Phi) is 7.98. The molecule has 0 bridgehead atoms. The topological polar surface area (TPSA) is 125 Å². The predicted molar refractivity (Wildman–Crippen MR) is 130 cm³/mol. The van der Waals surface area contributed by atoms with Crippen molar-refractivity contribution in [2.75, 3.05) is 6.54 Å². The lowest BCUT2D eigenvalue weighted by Crippen LogP contribution is -2.52. The van der Waals surface area contributed by atoms with E-state index in [9.17, 15) is 9.59 Å². The monoisotopic (exact) mass is 459 g/mol. The Hall–Kier alpha value is -1.63. The predicted octanol–water partition coefficient (Wildman–Crippen LogP) is 3.16. The molecular formula is C26H45N5O2. The van der Waals surface area contributed by atoms with Gasteiger partial charge in [-0.15, -0.1) is 0 Å². The fraction of sp³-hybridized carbons (Fsp3) is 0.885. The average molecular weight is 460 g/mol. The number of nitrogens with zero attached hydrogens (tertiary/aromatic N) is 1. The normalized spacial score (nSPS) is 36.6. The number of amides is 2. The van der Waals surface area contributed by atoms with Gasteiger partial charge >= 0.3 is 0 Å². The molecular weight excluding hydrogens is 414 g/mol. The minimum atomic E-state index is -0.166. The molecule has 7 nitrogen and oxygen atoms in total. The molecule has 0 radical (unpaired) electrons. The second-order valence-corrected chi connectivity index (χ2v) is 11.6. The van der Waals surface area contributed by atoms with Gasteiger partial charge in [-0.2, -0.15) is 0 Å². The molecule has 1 heterocycles. The number of nitrogens with one attached hydrogen (secondary N) is 2. The van der Waals surface area contributed by atoms with E-state index in [1.165, 1.54) is 32.1 Å². The summed E-state index contributed by atoms with van der Waals surface area (Å²) in [4.78, 5) is 27.6. The van der Waals surface area contributed by atoms with Crippen molar-refractivity contribution >= 4 is 17.6 Å². The molecule has 7 heteroatoms. The molecule has 0 aromatic carbocycles. The number of hydrogen-bond donors (Lipinski definition) is 4. The number of likely N-dealkylation sites (tertiary alicyclic amines) is 1. The third-order valence-electron chi connectivity index (χ3n) is 9.50. The quantitative estimate of drug-likeness (QED) is 0.345. The minimum Gasteiger partial charge on any atom is -0.387 e. The Morgan fingerprint density at radius 2 is 1.61 bits per heavy atom. The number of carbonyl (C=O) groups excluding carboxylic acids is 2. The lowest BCUT2D eigenvalue weighted by molar-refractivity contribution is -0.127. The Labute approximate surface area is 199 Å². The van der Waals surface area contributed by atoms with E-state index in [2.05, 4.69) is 17.1 Å². The molecule has 1 aliphatic heterocycles. The van der Waals surface area contributed by atoms with Crippen molar-refractivity contribution in [3.8, 4) is 0 Å². The van der Waals surface area contributed by atoms with Gasteiger partial charge in [-0.05, 0) is 88.9 Å². The molecule has 4 aliphatic rings. The molecule has 3 aliphatic carbocycles. The summed E-state index contributed by atoms with van der Waals surface area (Å²) in [6.45, 7) is 3.10. The number of primary amides is 1. The molecule has 0 spiro atoms. The van der Waals surface area contributed by atoms with E-state index < -0.39 is 0 Å². The molecule has 6 N–H and O–H groups in total. The van der Waals surface area contributed by atoms with E-state index in [1.807, 2.05) is 0 Å². The summed E-state index contributed by atoms with van der Waals surface area (Å²) < 4.78 is 0. The third-order valence-corrected chi connectivity index (χ3v) is 9.50. The summed E-state index contributed by atoms with van der Waals surface area (Å²) in [6, 6.07) is 0.492. The zero-order chi connectivity index (χ0) is 23.5. The highest BCUT2D eigenvalue weighted by Crippen LogP contribution is 2.43. The van der Waals surface area contributed by atoms with Crippen molar-refractivity contribution < 1.29 is 9.59 Å². The van der Waals surface area contributed by atoms with Gasteiger partial charge in [0.15, 0.2) is 0 Å². The fourth-order valence-corrected chi connectivity index (χ4v) is 7.35. The van der Waals surface area contributed by atoms with Crippen molar-refractivity contribution in [2.45, 2.75) is 109 Å². The molecule has 0 aromatic rings. The second-order valence-electron chi connectivity index (χ2n) is 11.6. The fourth-order valence-electron chi connectivity index (χ4n) is 7.35. The SMILES string of the molecule is C[C@@H](NC(=O)C1CC2CCC(C(=N)N)CC2N1CC1CCC(C(N)=O)CC1)C1CCCCC1. The van der Waals surface area contributed by atoms with Crippen LogP contribution in [0.3, 0.4) is 0 Å². The van der Waals surface area contributed by atoms with Gasteiger partial charge in [0.25, 0.3) is 0 Å². The van der Waals surface area contributed by atoms with E-state index in [1.54, 1.807) is 0 Å². The van der Waals surface area contributed by atoms with E-state index in [4.69, 9.17) is 16.9 Å². The zero-order valence-corrected chi connectivity index (χ0v) is 20.4. The van der Waals surface area contributed by atoms with Crippen LogP contribution in [0.2, 0.25) is 0 Å². The molecule has 5 atom stereocenters. The summed E-state index contributed by atoms with van der Waals surface area (Å²) in [5.74, 6) is 2.11. The van der Waals surface area contributed by atoms with E-state index >= 15 is 0 Å². The van der Waals surface area contributed by atoms with E-state index in [0.29, 0.717) is 29.6 Å². The van der Waals surface area contributed by atoms with Gasteiger partial charge in [0.1, 0.15) is 0 Å². The number of rotatable bonds is 7. The van der Waals surface area contributed by atoms with Crippen LogP contribution < -0.4 is 16.8 Å². The van der Waals surface area contributed by atoms with Crippen LogP contribution in [0, 0.1) is 35.0 Å². The van der Waals surface area contributed by atoms with Crippen molar-refractivity contribution in [1.29, 1.82) is 5.41 Å². The van der Waals surface area contributed by atoms with Crippen LogP contribution in [0.4, 0.5) is 0 Å². The van der Waals surface area contributed by atoms with Crippen LogP contribution in [0.15, 0.2) is 0 Å². The van der Waals surface area contributed by atoms with Gasteiger partial charge in [0, 0.05) is 30.5 Å². The lowest BCUT2D eigenvalue weighted by atomic mass is 9.77. The Bertz CT molecular complexity index is 713. The lowest BCUT2D eigenvalue weighted by Gasteiger charge is -2.40. The maximum absolute atomic E-state index is 13.6. The summed E-state index contributed by atoms with van der Waals surface area (Å²) >= 11 is 0. The van der Waals surface area contributed by atoms with Gasteiger partial charge in [-0.3, -0.25) is 19.9 Å². The van der Waals surface area contributed by atoms with Crippen molar-refractivity contribution in [3.63, 3.8) is 0 Å². The van der Waals surface area contributed by atoms with Crippen LogP contribution in [0.1, 0.15) is 90.4 Å². The smallest absolute Gasteiger partial charge is 0.237 e. The molecule has 186 valence electrons. The number of carbonyl (C=O) groups is 2. The first-order valence-corrected chi connectivity index (χ1v) is 13.5. The molecule has 4 fully saturated rings. The van der Waals surface area contributed by atoms with Crippen molar-refractivity contribution in [3.05, 3.63) is 0 Å². The molecule has 0 aromatic heterocycles. The maximum Gasteiger partial charge on any atom is 0.237 e. The summed E-state index contributed by atoms with van der Waals surface area (Å²) in [5.41, 5.74) is 11.5. The zero-order valence-electron chi connectivity index (χ0n) is 20.4. The Morgan fingerprint density at radius 1 is 0.939 bits per heavy atom. The first-order chi connectivity index (χ1) is 15.8. The first kappa shape index (κ1) is 24.5. The molecule has 33 heavy (non-hydrogen) atoms. The van der Waals surface area contributed by atoms with E-state index in [-0.39, 0.29) is 35.7 Å². The standard InChI is InChI=1S/C26H45N5O2/c1-16(18-5-3-2-4-6-18)30-26(33)23-13-20-11-12-21(24(27)28)14-22(20)31(23)15-17-7-9-19(10-8-17)25(29)32/h16-23H,2-15H2,1H3,(H3,27,28)(H2,29,32)(H,30,33)/t16-,17?,19?,20?,21?,22?,23?/m1/s1. The summed E-state index contributed by atoms with van der Waals surface area (Å²) in [7, 11) is 0. The molecule has 4 rings (SSSR count). The Morgan fingerprint density at radius 3 is 2.24 bits per heavy atom. The maximum atomic E-state index is 13.6. The van der Waals surface area contributed by atoms with Crippen LogP contribution >= 0.6 is 0 Å². The van der Waals surface area contributed by atoms with Crippen LogP contribution in [0.25, 0.3) is 0 Å². The second kappa shape index (κ2) is 10.7. The first-order valence-electron chi connectivity index (χ1n) is 13.5. The number of fused-ring (bicyclic) bond motifs is 1. The average Bonchev–Trinajstić information content (AvgIpc) is 3.17. The van der Waals surface area contributed by atoms with Gasteiger partial charge in [0.05, 0.1) is 11.9 Å². The highest BCUT2D eigenvalue weighted by Gasteiger charge is 2.48. The van der Waals surface area contributed by atoms with Crippen molar-refractivity contribution in [2.24, 2.45) is 41.1 Å². The van der Waals surface area contributed by atoms with Gasteiger partial charge in [-0.25, -0.2) is 0 Å². The largest absolute Gasteiger partial charge is 0.387 e. The molecule has 1 saturated heterocycles. The van der Waals surface area contributed by atoms with Gasteiger partial charge < -0.3 is 16.8 Å². The van der Waals surface area contributed by atoms with Gasteiger partial charge in [-0.1, -0.05) is 19.3 Å². The van der Waals surface area contributed by atoms with Crippen LogP contribution in [-0.2, 0) is 9.59 Å².